The Bertz CT molecular complexity index is 1160. The van der Waals surface area contributed by atoms with Crippen molar-refractivity contribution in [3.8, 4) is 11.8 Å². The largest absolute Gasteiger partial charge is 0.382 e. The smallest absolute Gasteiger partial charge is 0.156 e. The van der Waals surface area contributed by atoms with E-state index in [0.717, 1.165) is 38.5 Å². The maximum absolute atomic E-state index is 12.3. The van der Waals surface area contributed by atoms with E-state index in [4.69, 9.17) is 0 Å². The molecule has 0 bridgehead atoms. The third-order valence-corrected chi connectivity index (χ3v) is 10.5. The van der Waals surface area contributed by atoms with Gasteiger partial charge < -0.3 is 10.4 Å². The van der Waals surface area contributed by atoms with Crippen LogP contribution in [0.25, 0.3) is 0 Å². The molecule has 5 aliphatic rings. The fraction of sp³-hybridized carbons (Fsp3) is 0.606. The van der Waals surface area contributed by atoms with Gasteiger partial charge in [0.05, 0.1) is 0 Å². The predicted octanol–water partition coefficient (Wildman–Crippen LogP) is 7.09. The predicted molar refractivity (Wildman–Crippen MR) is 146 cm³/mol. The first kappa shape index (κ1) is 24.1. The van der Waals surface area contributed by atoms with Crippen LogP contribution in [0.1, 0.15) is 102 Å². The van der Waals surface area contributed by atoms with E-state index in [1.165, 1.54) is 54.5 Å². The fourth-order valence-corrected chi connectivity index (χ4v) is 8.67. The lowest BCUT2D eigenvalue weighted by molar-refractivity contribution is -0.114. The van der Waals surface area contributed by atoms with Gasteiger partial charge in [0.2, 0.25) is 0 Å². The van der Waals surface area contributed by atoms with Gasteiger partial charge in [0, 0.05) is 29.5 Å². The summed E-state index contributed by atoms with van der Waals surface area (Å²) in [5, 5.41) is 15.6. The van der Waals surface area contributed by atoms with Crippen molar-refractivity contribution in [3.05, 3.63) is 52.6 Å². The minimum absolute atomic E-state index is 0.222. The molecule has 0 heterocycles. The van der Waals surface area contributed by atoms with Gasteiger partial charge in [-0.15, -0.1) is 5.92 Å². The average Bonchev–Trinajstić information content (AvgIpc) is 3.14. The van der Waals surface area contributed by atoms with Crippen LogP contribution in [0.4, 0.5) is 5.69 Å². The average molecular weight is 484 g/mol. The lowest BCUT2D eigenvalue weighted by Crippen LogP contribution is -2.51. The minimum atomic E-state index is -0.915. The molecule has 3 saturated carbocycles. The van der Waals surface area contributed by atoms with Crippen molar-refractivity contribution in [3.63, 3.8) is 0 Å². The van der Waals surface area contributed by atoms with Crippen LogP contribution in [0.2, 0.25) is 0 Å². The summed E-state index contributed by atoms with van der Waals surface area (Å²) < 4.78 is 0. The highest BCUT2D eigenvalue weighted by molar-refractivity contribution is 5.93. The molecule has 1 aromatic carbocycles. The monoisotopic (exact) mass is 483 g/mol. The van der Waals surface area contributed by atoms with Gasteiger partial charge in [-0.05, 0) is 105 Å². The van der Waals surface area contributed by atoms with E-state index in [2.05, 4.69) is 48.3 Å². The Morgan fingerprint density at radius 3 is 2.53 bits per heavy atom. The molecule has 5 aliphatic carbocycles. The molecule has 5 atom stereocenters. The first-order valence-corrected chi connectivity index (χ1v) is 14.4. The van der Waals surface area contributed by atoms with Crippen LogP contribution >= 0.6 is 0 Å². The summed E-state index contributed by atoms with van der Waals surface area (Å²) in [5.74, 6) is 7.82. The van der Waals surface area contributed by atoms with E-state index in [1.807, 2.05) is 13.0 Å². The molecule has 0 amide bonds. The van der Waals surface area contributed by atoms with Crippen molar-refractivity contribution in [2.45, 2.75) is 108 Å². The fourth-order valence-electron chi connectivity index (χ4n) is 8.67. The van der Waals surface area contributed by atoms with Crippen LogP contribution in [0.5, 0.6) is 0 Å². The van der Waals surface area contributed by atoms with Crippen molar-refractivity contribution >= 4 is 11.5 Å². The number of carbonyl (C=O) groups excluding carboxylic acids is 1. The number of aliphatic hydroxyl groups is 1. The van der Waals surface area contributed by atoms with Crippen LogP contribution in [0.3, 0.4) is 0 Å². The van der Waals surface area contributed by atoms with Crippen LogP contribution in [0, 0.1) is 29.1 Å². The molecule has 1 aromatic rings. The Balaban J connectivity index is 1.40. The number of anilines is 1. The van der Waals surface area contributed by atoms with Crippen molar-refractivity contribution in [1.82, 2.24) is 0 Å². The number of hydrogen-bond acceptors (Lipinski definition) is 3. The van der Waals surface area contributed by atoms with Crippen LogP contribution in [0.15, 0.2) is 47.1 Å². The highest BCUT2D eigenvalue weighted by atomic mass is 16.3. The second-order valence-electron chi connectivity index (χ2n) is 12.4. The highest BCUT2D eigenvalue weighted by Crippen LogP contribution is 2.66. The summed E-state index contributed by atoms with van der Waals surface area (Å²) in [7, 11) is 0. The first-order valence-electron chi connectivity index (χ1n) is 14.4. The normalized spacial score (nSPS) is 36.2. The summed E-state index contributed by atoms with van der Waals surface area (Å²) in [6.45, 7) is 4.18. The molecule has 36 heavy (non-hydrogen) atoms. The lowest BCUT2D eigenvalue weighted by atomic mass is 9.51. The van der Waals surface area contributed by atoms with Gasteiger partial charge >= 0.3 is 0 Å². The Labute approximate surface area is 216 Å². The Hall–Kier alpha value is -2.31. The molecule has 0 spiro atoms. The summed E-state index contributed by atoms with van der Waals surface area (Å²) in [4.78, 5) is 12.3. The zero-order valence-electron chi connectivity index (χ0n) is 22.0. The number of nitrogens with one attached hydrogen (secondary N) is 1. The second-order valence-corrected chi connectivity index (χ2v) is 12.4. The summed E-state index contributed by atoms with van der Waals surface area (Å²) in [5.41, 5.74) is 5.80. The van der Waals surface area contributed by atoms with E-state index >= 15 is 0 Å². The Kier molecular flexibility index (Phi) is 6.16. The van der Waals surface area contributed by atoms with Crippen LogP contribution < -0.4 is 5.32 Å². The van der Waals surface area contributed by atoms with Crippen molar-refractivity contribution < 1.29 is 9.90 Å². The molecule has 6 rings (SSSR count). The third kappa shape index (κ3) is 3.88. The van der Waals surface area contributed by atoms with E-state index in [0.29, 0.717) is 24.3 Å². The van der Waals surface area contributed by atoms with Gasteiger partial charge in [-0.1, -0.05) is 49.8 Å². The number of fused-ring (bicyclic) bond motifs is 4. The molecular formula is C33H41NO2. The summed E-state index contributed by atoms with van der Waals surface area (Å²) >= 11 is 0. The molecular weight excluding hydrogens is 442 g/mol. The number of benzene rings is 1. The van der Waals surface area contributed by atoms with Gasteiger partial charge in [0.1, 0.15) is 5.60 Å². The zero-order valence-corrected chi connectivity index (χ0v) is 22.0. The number of ketones is 1. The maximum atomic E-state index is 12.3. The molecule has 3 nitrogen and oxygen atoms in total. The molecule has 4 unspecified atom stereocenters. The molecule has 190 valence electrons. The molecule has 0 radical (unpaired) electrons. The Morgan fingerprint density at radius 2 is 1.78 bits per heavy atom. The van der Waals surface area contributed by atoms with Crippen molar-refractivity contribution in [2.75, 3.05) is 5.32 Å². The van der Waals surface area contributed by atoms with Crippen molar-refractivity contribution in [2.24, 2.45) is 17.3 Å². The molecule has 0 saturated heterocycles. The van der Waals surface area contributed by atoms with Crippen LogP contribution in [-0.2, 0) is 4.79 Å². The van der Waals surface area contributed by atoms with E-state index in [-0.39, 0.29) is 17.1 Å². The Morgan fingerprint density at radius 1 is 1.00 bits per heavy atom. The minimum Gasteiger partial charge on any atom is -0.382 e. The number of allylic oxidation sites excluding steroid dienone is 4. The summed E-state index contributed by atoms with van der Waals surface area (Å²) in [6, 6.07) is 9.80. The number of carbonyl (C=O) groups is 1. The van der Waals surface area contributed by atoms with Crippen LogP contribution in [-0.4, -0.2) is 22.5 Å². The number of rotatable bonds is 3. The zero-order chi connectivity index (χ0) is 24.9. The maximum Gasteiger partial charge on any atom is 0.156 e. The molecule has 3 heteroatoms. The molecule has 2 N–H and O–H groups in total. The van der Waals surface area contributed by atoms with Gasteiger partial charge in [-0.25, -0.2) is 0 Å². The highest BCUT2D eigenvalue weighted by Gasteiger charge is 2.62. The van der Waals surface area contributed by atoms with Gasteiger partial charge in [0.15, 0.2) is 5.78 Å². The van der Waals surface area contributed by atoms with E-state index < -0.39 is 5.60 Å². The van der Waals surface area contributed by atoms with E-state index in [1.54, 1.807) is 5.57 Å². The molecule has 0 aromatic heterocycles. The lowest BCUT2D eigenvalue weighted by Gasteiger charge is -2.53. The third-order valence-electron chi connectivity index (χ3n) is 10.5. The van der Waals surface area contributed by atoms with Crippen molar-refractivity contribution in [1.29, 1.82) is 0 Å². The first-order chi connectivity index (χ1) is 17.4. The van der Waals surface area contributed by atoms with Gasteiger partial charge in [-0.2, -0.15) is 0 Å². The SMILES string of the molecule is CC#C[C@]1(O)CCC2C3CCC4=CC(=O)CCC4=C3C(c3ccc(NC4CCCCC4)cc3)CC21C. The number of hydrogen-bond donors (Lipinski definition) is 2. The standard InChI is InChI=1S/C33H41NO2/c1-3-18-33(36)19-17-30-28-15-11-23-20-26(35)14-16-27(23)31(28)29(21-32(30,33)2)22-9-12-25(13-10-22)34-24-7-5-4-6-8-24/h9-10,12-13,20,24,28-30,34,36H,4-8,11,14-17,19,21H2,1-2H3/t28?,29?,30?,32?,33-/m0/s1. The molecule has 3 fully saturated rings. The summed E-state index contributed by atoms with van der Waals surface area (Å²) in [6.07, 6.45) is 14.9. The van der Waals surface area contributed by atoms with Gasteiger partial charge in [0.25, 0.3) is 0 Å². The topological polar surface area (TPSA) is 49.3 Å². The quantitative estimate of drug-likeness (QED) is 0.451. The van der Waals surface area contributed by atoms with E-state index in [9.17, 15) is 9.90 Å². The molecule has 0 aliphatic heterocycles. The second kappa shape index (κ2) is 9.21. The van der Waals surface area contributed by atoms with Gasteiger partial charge in [-0.3, -0.25) is 4.79 Å².